The summed E-state index contributed by atoms with van der Waals surface area (Å²) < 4.78 is 14.9. The Bertz CT molecular complexity index is 390. The van der Waals surface area contributed by atoms with Crippen LogP contribution in [0.1, 0.15) is 19.0 Å². The molecule has 2 nitrogen and oxygen atoms in total. The molecule has 1 aliphatic carbocycles. The first-order chi connectivity index (χ1) is 7.29. The molecule has 0 saturated carbocycles. The Hall–Kier alpha value is -1.38. The molecule has 0 bridgehead atoms. The number of aromatic nitrogens is 2. The van der Waals surface area contributed by atoms with Crippen molar-refractivity contribution in [2.45, 2.75) is 26.3 Å². The first-order valence-corrected chi connectivity index (χ1v) is 5.32. The zero-order chi connectivity index (χ0) is 10.7. The molecule has 1 aliphatic rings. The van der Waals surface area contributed by atoms with Crippen LogP contribution in [0.2, 0.25) is 0 Å². The molecule has 0 amide bonds. The first kappa shape index (κ1) is 10.1. The van der Waals surface area contributed by atoms with Crippen molar-refractivity contribution >= 4 is 0 Å². The molecule has 1 aromatic rings. The summed E-state index contributed by atoms with van der Waals surface area (Å²) in [6.07, 6.45) is 10.6. The normalized spacial score (nSPS) is 20.4. The Morgan fingerprint density at radius 3 is 3.13 bits per heavy atom. The predicted molar refractivity (Wildman–Crippen MR) is 58.0 cm³/mol. The van der Waals surface area contributed by atoms with Gasteiger partial charge in [0.05, 0.1) is 6.33 Å². The highest BCUT2D eigenvalue weighted by Crippen LogP contribution is 2.20. The van der Waals surface area contributed by atoms with Crippen LogP contribution in [0, 0.1) is 5.92 Å². The van der Waals surface area contributed by atoms with Gasteiger partial charge < -0.3 is 4.57 Å². The average Bonchev–Trinajstić information content (AvgIpc) is 2.69. The molecule has 3 heteroatoms. The summed E-state index contributed by atoms with van der Waals surface area (Å²) in [4.78, 5) is 4.12. The lowest BCUT2D eigenvalue weighted by atomic mass is 9.95. The van der Waals surface area contributed by atoms with Gasteiger partial charge in [-0.25, -0.2) is 9.37 Å². The molecular weight excluding hydrogens is 191 g/mol. The Morgan fingerprint density at radius 2 is 2.47 bits per heavy atom. The van der Waals surface area contributed by atoms with E-state index in [1.807, 2.05) is 18.6 Å². The minimum absolute atomic E-state index is 0.116. The predicted octanol–water partition coefficient (Wildman–Crippen LogP) is 2.88. The van der Waals surface area contributed by atoms with Gasteiger partial charge in [-0.2, -0.15) is 0 Å². The molecule has 0 aliphatic heterocycles. The van der Waals surface area contributed by atoms with E-state index < -0.39 is 0 Å². The van der Waals surface area contributed by atoms with E-state index in [1.54, 1.807) is 12.2 Å². The molecule has 0 fully saturated rings. The molecule has 15 heavy (non-hydrogen) atoms. The zero-order valence-electron chi connectivity index (χ0n) is 8.86. The minimum atomic E-state index is -0.116. The Balaban J connectivity index is 2.01. The van der Waals surface area contributed by atoms with Crippen molar-refractivity contribution < 1.29 is 4.39 Å². The molecule has 0 spiro atoms. The van der Waals surface area contributed by atoms with Crippen molar-refractivity contribution in [3.8, 4) is 0 Å². The molecule has 0 N–H and O–H groups in total. The zero-order valence-corrected chi connectivity index (χ0v) is 8.86. The van der Waals surface area contributed by atoms with Gasteiger partial charge in [-0.1, -0.05) is 6.08 Å². The number of halogens is 1. The number of nitrogens with zero attached hydrogens (tertiary/aromatic N) is 2. The van der Waals surface area contributed by atoms with E-state index in [4.69, 9.17) is 0 Å². The lowest BCUT2D eigenvalue weighted by Crippen LogP contribution is -2.07. The fourth-order valence-corrected chi connectivity index (χ4v) is 1.86. The lowest BCUT2D eigenvalue weighted by molar-refractivity contribution is 0.575. The third-order valence-corrected chi connectivity index (χ3v) is 2.75. The van der Waals surface area contributed by atoms with Gasteiger partial charge in [-0.15, -0.1) is 0 Å². The molecule has 1 aromatic heterocycles. The van der Waals surface area contributed by atoms with Crippen LogP contribution in [0.15, 0.2) is 36.6 Å². The molecule has 1 atom stereocenters. The third-order valence-electron chi connectivity index (χ3n) is 2.75. The fraction of sp³-hybridized carbons (Fsp3) is 0.417. The van der Waals surface area contributed by atoms with Gasteiger partial charge in [0.1, 0.15) is 5.83 Å². The topological polar surface area (TPSA) is 17.8 Å². The summed E-state index contributed by atoms with van der Waals surface area (Å²) in [5.74, 6) is 0.293. The quantitative estimate of drug-likeness (QED) is 0.743. The van der Waals surface area contributed by atoms with E-state index in [-0.39, 0.29) is 5.83 Å². The average molecular weight is 206 g/mol. The molecule has 0 radical (unpaired) electrons. The molecular formula is C12H15FN2. The number of imidazole rings is 1. The smallest absolute Gasteiger partial charge is 0.118 e. The Labute approximate surface area is 89.1 Å². The molecule has 80 valence electrons. The van der Waals surface area contributed by atoms with E-state index in [9.17, 15) is 4.39 Å². The minimum Gasteiger partial charge on any atom is -0.335 e. The summed E-state index contributed by atoms with van der Waals surface area (Å²) in [5, 5.41) is 0. The van der Waals surface area contributed by atoms with Crippen LogP contribution in [0.3, 0.4) is 0 Å². The Morgan fingerprint density at radius 1 is 1.60 bits per heavy atom. The number of hydrogen-bond acceptors (Lipinski definition) is 1. The first-order valence-electron chi connectivity index (χ1n) is 5.32. The second-order valence-corrected chi connectivity index (χ2v) is 3.82. The number of aryl methyl sites for hydroxylation is 1. The summed E-state index contributed by atoms with van der Waals surface area (Å²) >= 11 is 0. The van der Waals surface area contributed by atoms with E-state index in [1.165, 1.54) is 5.69 Å². The highest BCUT2D eigenvalue weighted by atomic mass is 19.1. The highest BCUT2D eigenvalue weighted by molar-refractivity contribution is 5.18. The number of allylic oxidation sites excluding steroid dienone is 4. The largest absolute Gasteiger partial charge is 0.335 e. The van der Waals surface area contributed by atoms with Gasteiger partial charge in [0.2, 0.25) is 0 Å². The summed E-state index contributed by atoms with van der Waals surface area (Å²) in [5.41, 5.74) is 1.22. The molecule has 0 aromatic carbocycles. The number of hydrogen-bond donors (Lipinski definition) is 0. The van der Waals surface area contributed by atoms with Crippen molar-refractivity contribution in [2.75, 3.05) is 0 Å². The Kier molecular flexibility index (Phi) is 2.99. The van der Waals surface area contributed by atoms with Crippen LogP contribution in [-0.2, 0) is 13.0 Å². The number of rotatable bonds is 3. The van der Waals surface area contributed by atoms with Crippen LogP contribution in [-0.4, -0.2) is 9.55 Å². The van der Waals surface area contributed by atoms with Gasteiger partial charge >= 0.3 is 0 Å². The second kappa shape index (κ2) is 4.43. The second-order valence-electron chi connectivity index (χ2n) is 3.82. The van der Waals surface area contributed by atoms with Gasteiger partial charge in [0.15, 0.2) is 0 Å². The maximum absolute atomic E-state index is 12.7. The van der Waals surface area contributed by atoms with Crippen molar-refractivity contribution in [1.82, 2.24) is 9.55 Å². The van der Waals surface area contributed by atoms with E-state index >= 15 is 0 Å². The van der Waals surface area contributed by atoms with Crippen LogP contribution in [0.25, 0.3) is 0 Å². The van der Waals surface area contributed by atoms with Crippen LogP contribution in [0.5, 0.6) is 0 Å². The van der Waals surface area contributed by atoms with Gasteiger partial charge in [-0.05, 0) is 37.8 Å². The molecule has 2 rings (SSSR count). The standard InChI is InChI=1S/C12H15FN2/c1-2-15-9-14-8-12(15)7-10-3-5-11(13)6-4-10/h3,5-6,8-10H,2,4,7H2,1H3. The van der Waals surface area contributed by atoms with Crippen LogP contribution >= 0.6 is 0 Å². The fourth-order valence-electron chi connectivity index (χ4n) is 1.86. The van der Waals surface area contributed by atoms with Gasteiger partial charge in [0.25, 0.3) is 0 Å². The maximum Gasteiger partial charge on any atom is 0.118 e. The van der Waals surface area contributed by atoms with Crippen molar-refractivity contribution in [3.63, 3.8) is 0 Å². The van der Waals surface area contributed by atoms with Crippen molar-refractivity contribution in [1.29, 1.82) is 0 Å². The SMILES string of the molecule is CCn1cncc1CC1C=CC(F)=CC1. The van der Waals surface area contributed by atoms with E-state index in [0.717, 1.165) is 19.4 Å². The molecule has 0 saturated heterocycles. The monoisotopic (exact) mass is 206 g/mol. The summed E-state index contributed by atoms with van der Waals surface area (Å²) in [6, 6.07) is 0. The van der Waals surface area contributed by atoms with Gasteiger partial charge in [0, 0.05) is 18.4 Å². The molecule has 1 heterocycles. The van der Waals surface area contributed by atoms with Crippen molar-refractivity contribution in [3.05, 3.63) is 42.3 Å². The van der Waals surface area contributed by atoms with Crippen LogP contribution < -0.4 is 0 Å². The van der Waals surface area contributed by atoms with E-state index in [2.05, 4.69) is 16.5 Å². The summed E-state index contributed by atoms with van der Waals surface area (Å²) in [7, 11) is 0. The highest BCUT2D eigenvalue weighted by Gasteiger charge is 2.11. The summed E-state index contributed by atoms with van der Waals surface area (Å²) in [6.45, 7) is 3.04. The van der Waals surface area contributed by atoms with E-state index in [0.29, 0.717) is 5.92 Å². The lowest BCUT2D eigenvalue weighted by Gasteiger charge is -2.14. The molecule has 1 unspecified atom stereocenters. The van der Waals surface area contributed by atoms with Crippen LogP contribution in [0.4, 0.5) is 4.39 Å². The maximum atomic E-state index is 12.7. The van der Waals surface area contributed by atoms with Crippen molar-refractivity contribution in [2.24, 2.45) is 5.92 Å². The third kappa shape index (κ3) is 2.35. The van der Waals surface area contributed by atoms with Gasteiger partial charge in [-0.3, -0.25) is 0 Å².